The number of ether oxygens (including phenoxy) is 1. The van der Waals surface area contributed by atoms with Crippen LogP contribution in [0.5, 0.6) is 0 Å². The zero-order valence-corrected chi connectivity index (χ0v) is 11.6. The minimum atomic E-state index is -0.396. The first-order chi connectivity index (χ1) is 6.79. The second-order valence-electron chi connectivity index (χ2n) is 5.33. The van der Waals surface area contributed by atoms with E-state index in [9.17, 15) is 4.79 Å². The number of rotatable bonds is 1. The van der Waals surface area contributed by atoms with E-state index in [0.29, 0.717) is 6.04 Å². The van der Waals surface area contributed by atoms with Crippen LogP contribution >= 0.6 is 12.4 Å². The summed E-state index contributed by atoms with van der Waals surface area (Å²) in [7, 11) is 4.09. The summed E-state index contributed by atoms with van der Waals surface area (Å²) in [6.07, 6.45) is 0.846. The van der Waals surface area contributed by atoms with Gasteiger partial charge in [0.05, 0.1) is 0 Å². The van der Waals surface area contributed by atoms with Crippen LogP contribution < -0.4 is 0 Å². The molecule has 4 nitrogen and oxygen atoms in total. The highest BCUT2D eigenvalue weighted by Gasteiger charge is 2.30. The van der Waals surface area contributed by atoms with Crippen molar-refractivity contribution in [2.24, 2.45) is 0 Å². The molecule has 0 aromatic heterocycles. The maximum absolute atomic E-state index is 11.7. The van der Waals surface area contributed by atoms with Gasteiger partial charge in [-0.1, -0.05) is 0 Å². The summed E-state index contributed by atoms with van der Waals surface area (Å²) in [5.41, 5.74) is -0.396. The number of hydrogen-bond donors (Lipinski definition) is 0. The van der Waals surface area contributed by atoms with Crippen LogP contribution in [-0.2, 0) is 4.74 Å². The van der Waals surface area contributed by atoms with Gasteiger partial charge in [-0.15, -0.1) is 12.4 Å². The maximum atomic E-state index is 11.7. The van der Waals surface area contributed by atoms with Gasteiger partial charge in [0.1, 0.15) is 5.60 Å². The molecular formula is C11H23ClN2O2. The lowest BCUT2D eigenvalue weighted by molar-refractivity contribution is 0.0285. The number of hydrogen-bond acceptors (Lipinski definition) is 3. The Labute approximate surface area is 104 Å². The van der Waals surface area contributed by atoms with Gasteiger partial charge in [-0.2, -0.15) is 0 Å². The summed E-state index contributed by atoms with van der Waals surface area (Å²) in [6.45, 7) is 7.26. The van der Waals surface area contributed by atoms with E-state index in [1.165, 1.54) is 0 Å². The van der Waals surface area contributed by atoms with E-state index >= 15 is 0 Å². The fraction of sp³-hybridized carbons (Fsp3) is 0.909. The molecule has 0 spiro atoms. The molecule has 1 aliphatic rings. The van der Waals surface area contributed by atoms with E-state index in [1.54, 1.807) is 4.90 Å². The summed E-state index contributed by atoms with van der Waals surface area (Å²) in [6, 6.07) is 0.470. The second-order valence-corrected chi connectivity index (χ2v) is 5.33. The van der Waals surface area contributed by atoms with Crippen LogP contribution in [0.2, 0.25) is 0 Å². The van der Waals surface area contributed by atoms with Crippen LogP contribution in [0, 0.1) is 0 Å². The number of amides is 1. The fourth-order valence-corrected chi connectivity index (χ4v) is 1.66. The topological polar surface area (TPSA) is 32.8 Å². The van der Waals surface area contributed by atoms with Crippen molar-refractivity contribution in [3.05, 3.63) is 0 Å². The molecule has 0 bridgehead atoms. The minimum Gasteiger partial charge on any atom is -0.444 e. The highest BCUT2D eigenvalue weighted by molar-refractivity contribution is 5.85. The lowest BCUT2D eigenvalue weighted by atomic mass is 10.2. The average Bonchev–Trinajstić information content (AvgIpc) is 2.47. The number of likely N-dealkylation sites (N-methyl/N-ethyl adjacent to an activating group) is 1. The van der Waals surface area contributed by atoms with E-state index in [-0.39, 0.29) is 18.5 Å². The molecule has 96 valence electrons. The van der Waals surface area contributed by atoms with Crippen LogP contribution in [0.3, 0.4) is 0 Å². The molecule has 1 amide bonds. The van der Waals surface area contributed by atoms with Gasteiger partial charge in [0, 0.05) is 19.1 Å². The summed E-state index contributed by atoms with van der Waals surface area (Å²) in [5, 5.41) is 0. The smallest absolute Gasteiger partial charge is 0.410 e. The van der Waals surface area contributed by atoms with Gasteiger partial charge in [0.2, 0.25) is 0 Å². The van der Waals surface area contributed by atoms with Crippen molar-refractivity contribution in [1.29, 1.82) is 0 Å². The highest BCUT2D eigenvalue weighted by Crippen LogP contribution is 2.17. The average molecular weight is 251 g/mol. The minimum absolute atomic E-state index is 0. The SMILES string of the molecule is CN(C)[C@H]1CCN(C(=O)OC(C)(C)C)C1.Cl. The van der Waals surface area contributed by atoms with E-state index in [1.807, 2.05) is 34.9 Å². The van der Waals surface area contributed by atoms with Gasteiger partial charge in [0.15, 0.2) is 0 Å². The van der Waals surface area contributed by atoms with E-state index in [4.69, 9.17) is 4.74 Å². The molecule has 16 heavy (non-hydrogen) atoms. The van der Waals surface area contributed by atoms with Crippen LogP contribution in [0.1, 0.15) is 27.2 Å². The summed E-state index contributed by atoms with van der Waals surface area (Å²) < 4.78 is 5.32. The van der Waals surface area contributed by atoms with E-state index in [0.717, 1.165) is 19.5 Å². The molecule has 0 aliphatic carbocycles. The predicted molar refractivity (Wildman–Crippen MR) is 67.1 cm³/mol. The number of likely N-dealkylation sites (tertiary alicyclic amines) is 1. The van der Waals surface area contributed by atoms with Crippen molar-refractivity contribution < 1.29 is 9.53 Å². The lowest BCUT2D eigenvalue weighted by Gasteiger charge is -2.25. The largest absolute Gasteiger partial charge is 0.444 e. The van der Waals surface area contributed by atoms with Crippen molar-refractivity contribution in [3.8, 4) is 0 Å². The first kappa shape index (κ1) is 15.5. The number of halogens is 1. The van der Waals surface area contributed by atoms with Gasteiger partial charge < -0.3 is 14.5 Å². The molecule has 5 heteroatoms. The monoisotopic (exact) mass is 250 g/mol. The van der Waals surface area contributed by atoms with Crippen molar-refractivity contribution in [2.45, 2.75) is 38.8 Å². The molecule has 0 unspecified atom stereocenters. The van der Waals surface area contributed by atoms with Gasteiger partial charge in [-0.05, 0) is 41.3 Å². The van der Waals surface area contributed by atoms with Crippen molar-refractivity contribution in [1.82, 2.24) is 9.80 Å². The van der Waals surface area contributed by atoms with Crippen molar-refractivity contribution in [2.75, 3.05) is 27.2 Å². The van der Waals surface area contributed by atoms with Gasteiger partial charge in [0.25, 0.3) is 0 Å². The molecule has 1 aliphatic heterocycles. The molecule has 0 saturated carbocycles. The molecule has 1 rings (SSSR count). The molecule has 0 N–H and O–H groups in total. The van der Waals surface area contributed by atoms with Crippen LogP contribution in [-0.4, -0.2) is 54.7 Å². The summed E-state index contributed by atoms with van der Waals surface area (Å²) in [5.74, 6) is 0. The highest BCUT2D eigenvalue weighted by atomic mass is 35.5. The maximum Gasteiger partial charge on any atom is 0.410 e. The third kappa shape index (κ3) is 4.58. The van der Waals surface area contributed by atoms with E-state index in [2.05, 4.69) is 4.90 Å². The quantitative estimate of drug-likeness (QED) is 0.714. The Morgan fingerprint density at radius 1 is 1.38 bits per heavy atom. The first-order valence-corrected chi connectivity index (χ1v) is 5.44. The van der Waals surface area contributed by atoms with Gasteiger partial charge in [-0.3, -0.25) is 0 Å². The van der Waals surface area contributed by atoms with Gasteiger partial charge in [-0.25, -0.2) is 4.79 Å². The van der Waals surface area contributed by atoms with E-state index < -0.39 is 5.60 Å². The Kier molecular flexibility index (Phi) is 5.56. The molecule has 1 saturated heterocycles. The Bertz CT molecular complexity index is 239. The molecule has 1 heterocycles. The van der Waals surface area contributed by atoms with Crippen LogP contribution in [0.25, 0.3) is 0 Å². The summed E-state index contributed by atoms with van der Waals surface area (Å²) in [4.78, 5) is 15.7. The third-order valence-electron chi connectivity index (χ3n) is 2.55. The van der Waals surface area contributed by atoms with Crippen molar-refractivity contribution in [3.63, 3.8) is 0 Å². The van der Waals surface area contributed by atoms with Gasteiger partial charge >= 0.3 is 6.09 Å². The van der Waals surface area contributed by atoms with Crippen molar-refractivity contribution >= 4 is 18.5 Å². The molecular weight excluding hydrogens is 228 g/mol. The van der Waals surface area contributed by atoms with Crippen LogP contribution in [0.15, 0.2) is 0 Å². The Hall–Kier alpha value is -0.480. The van der Waals surface area contributed by atoms with Crippen LogP contribution in [0.4, 0.5) is 4.79 Å². The zero-order chi connectivity index (χ0) is 11.6. The summed E-state index contributed by atoms with van der Waals surface area (Å²) >= 11 is 0. The normalized spacial score (nSPS) is 20.9. The molecule has 0 radical (unpaired) electrons. The molecule has 1 fully saturated rings. The number of carbonyl (C=O) groups is 1. The zero-order valence-electron chi connectivity index (χ0n) is 10.8. The second kappa shape index (κ2) is 5.73. The first-order valence-electron chi connectivity index (χ1n) is 5.44. The third-order valence-corrected chi connectivity index (χ3v) is 2.55. The number of carbonyl (C=O) groups excluding carboxylic acids is 1. The predicted octanol–water partition coefficient (Wildman–Crippen LogP) is 1.98. The molecule has 0 aromatic carbocycles. The Morgan fingerprint density at radius 3 is 2.31 bits per heavy atom. The Balaban J connectivity index is 0.00000225. The fourth-order valence-electron chi connectivity index (χ4n) is 1.66. The Morgan fingerprint density at radius 2 is 1.94 bits per heavy atom. The molecule has 0 aromatic rings. The lowest BCUT2D eigenvalue weighted by Crippen LogP contribution is -2.37. The number of nitrogens with zero attached hydrogens (tertiary/aromatic N) is 2. The molecule has 1 atom stereocenters. The standard InChI is InChI=1S/C11H22N2O2.ClH/c1-11(2,3)15-10(14)13-7-6-9(8-13)12(4)5;/h9H,6-8H2,1-5H3;1H/t9-;/m0./s1.